The summed E-state index contributed by atoms with van der Waals surface area (Å²) in [6.07, 6.45) is 6.70. The molecule has 3 aromatic rings. The van der Waals surface area contributed by atoms with Crippen LogP contribution in [0.5, 0.6) is 0 Å². The summed E-state index contributed by atoms with van der Waals surface area (Å²) in [5, 5.41) is 6.56. The van der Waals surface area contributed by atoms with Crippen molar-refractivity contribution in [2.75, 3.05) is 26.2 Å². The smallest absolute Gasteiger partial charge is 0.247 e. The number of hydrogen-bond acceptors (Lipinski definition) is 3. The van der Waals surface area contributed by atoms with Gasteiger partial charge in [0.05, 0.1) is 5.52 Å². The monoisotopic (exact) mass is 450 g/mol. The van der Waals surface area contributed by atoms with Gasteiger partial charge in [0, 0.05) is 48.2 Å². The summed E-state index contributed by atoms with van der Waals surface area (Å²) >= 11 is 6.31. The molecule has 1 saturated heterocycles. The van der Waals surface area contributed by atoms with Crippen LogP contribution < -0.4 is 0 Å². The second kappa shape index (κ2) is 9.24. The maximum absolute atomic E-state index is 13.5. The molecule has 0 bridgehead atoms. The first-order valence-corrected chi connectivity index (χ1v) is 12.3. The van der Waals surface area contributed by atoms with Crippen molar-refractivity contribution in [1.29, 1.82) is 0 Å². The first-order valence-electron chi connectivity index (χ1n) is 11.9. The van der Waals surface area contributed by atoms with Crippen molar-refractivity contribution < 1.29 is 4.79 Å². The van der Waals surface area contributed by atoms with Crippen LogP contribution in [-0.4, -0.2) is 57.7 Å². The third-order valence-corrected chi connectivity index (χ3v) is 7.39. The van der Waals surface area contributed by atoms with Gasteiger partial charge in [-0.2, -0.15) is 5.10 Å². The third-order valence-electron chi connectivity index (χ3n) is 7.16. The molecule has 1 aliphatic carbocycles. The number of amides is 1. The van der Waals surface area contributed by atoms with Crippen LogP contribution in [0.3, 0.4) is 0 Å². The maximum atomic E-state index is 13.5. The molecule has 2 heterocycles. The van der Waals surface area contributed by atoms with E-state index < -0.39 is 0 Å². The molecule has 1 atom stereocenters. The standard InChI is InChI=1S/C26H31ClN4O/c1-19(26(32)30-16-14-29(15-17-30)22-10-6-3-7-11-22)31-24-13-12-21(27)18-23(24)25(28-31)20-8-4-2-5-9-20/h2,4-5,8-9,12-13,18-19,22H,3,6-7,10-11,14-17H2,1H3/t19-/m0/s1. The van der Waals surface area contributed by atoms with Gasteiger partial charge in [0.25, 0.3) is 0 Å². The summed E-state index contributed by atoms with van der Waals surface area (Å²) in [5.41, 5.74) is 2.83. The van der Waals surface area contributed by atoms with Crippen molar-refractivity contribution in [2.24, 2.45) is 0 Å². The van der Waals surface area contributed by atoms with E-state index in [4.69, 9.17) is 16.7 Å². The Balaban J connectivity index is 1.37. The fraction of sp³-hybridized carbons (Fsp3) is 0.462. The Kier molecular flexibility index (Phi) is 6.20. The Bertz CT molecular complexity index is 1080. The molecule has 5 nitrogen and oxygen atoms in total. The van der Waals surface area contributed by atoms with Crippen molar-refractivity contribution in [1.82, 2.24) is 19.6 Å². The number of hydrogen-bond donors (Lipinski definition) is 0. The summed E-state index contributed by atoms with van der Waals surface area (Å²) in [6.45, 7) is 5.53. The minimum Gasteiger partial charge on any atom is -0.338 e. The number of rotatable bonds is 4. The van der Waals surface area contributed by atoms with Crippen molar-refractivity contribution >= 4 is 28.4 Å². The summed E-state index contributed by atoms with van der Waals surface area (Å²) in [7, 11) is 0. The quantitative estimate of drug-likeness (QED) is 0.534. The molecule has 5 rings (SSSR count). The van der Waals surface area contributed by atoms with E-state index in [0.29, 0.717) is 11.1 Å². The normalized spacial score (nSPS) is 19.4. The molecule has 0 radical (unpaired) electrons. The predicted molar refractivity (Wildman–Crippen MR) is 130 cm³/mol. The number of fused-ring (bicyclic) bond motifs is 1. The van der Waals surface area contributed by atoms with Gasteiger partial charge < -0.3 is 4.90 Å². The number of carbonyl (C=O) groups excluding carboxylic acids is 1. The Morgan fingerprint density at radius 2 is 1.72 bits per heavy atom. The highest BCUT2D eigenvalue weighted by Gasteiger charge is 2.30. The van der Waals surface area contributed by atoms with Crippen LogP contribution in [0.15, 0.2) is 48.5 Å². The predicted octanol–water partition coefficient (Wildman–Crippen LogP) is 5.39. The zero-order chi connectivity index (χ0) is 22.1. The van der Waals surface area contributed by atoms with Crippen LogP contribution in [0.2, 0.25) is 5.02 Å². The van der Waals surface area contributed by atoms with Crippen LogP contribution in [0.4, 0.5) is 0 Å². The van der Waals surface area contributed by atoms with E-state index in [9.17, 15) is 4.79 Å². The molecular formula is C26H31ClN4O. The average Bonchev–Trinajstić information content (AvgIpc) is 3.23. The van der Waals surface area contributed by atoms with Gasteiger partial charge in [-0.25, -0.2) is 0 Å². The second-order valence-corrected chi connectivity index (χ2v) is 9.59. The zero-order valence-electron chi connectivity index (χ0n) is 18.7. The number of carbonyl (C=O) groups is 1. The minimum absolute atomic E-state index is 0.146. The lowest BCUT2D eigenvalue weighted by molar-refractivity contribution is -0.136. The van der Waals surface area contributed by atoms with E-state index in [1.807, 2.05) is 65.0 Å². The molecule has 1 aliphatic heterocycles. The Morgan fingerprint density at radius 3 is 2.44 bits per heavy atom. The second-order valence-electron chi connectivity index (χ2n) is 9.15. The number of nitrogens with zero attached hydrogens (tertiary/aromatic N) is 4. The van der Waals surface area contributed by atoms with Gasteiger partial charge in [0.15, 0.2) is 0 Å². The van der Waals surface area contributed by atoms with Gasteiger partial charge in [-0.1, -0.05) is 61.2 Å². The number of piperazine rings is 1. The summed E-state index contributed by atoms with van der Waals surface area (Å²) in [4.78, 5) is 18.1. The largest absolute Gasteiger partial charge is 0.338 e. The lowest BCUT2D eigenvalue weighted by Gasteiger charge is -2.41. The molecule has 1 aromatic heterocycles. The molecule has 32 heavy (non-hydrogen) atoms. The Hall–Kier alpha value is -2.37. The topological polar surface area (TPSA) is 41.4 Å². The van der Waals surface area contributed by atoms with Gasteiger partial charge in [-0.3, -0.25) is 14.4 Å². The maximum Gasteiger partial charge on any atom is 0.247 e. The fourth-order valence-corrected chi connectivity index (χ4v) is 5.51. The first kappa shape index (κ1) is 21.5. The van der Waals surface area contributed by atoms with Crippen molar-refractivity contribution in [3.05, 3.63) is 53.6 Å². The molecule has 6 heteroatoms. The zero-order valence-corrected chi connectivity index (χ0v) is 19.5. The molecule has 2 aliphatic rings. The molecule has 168 valence electrons. The van der Waals surface area contributed by atoms with Crippen LogP contribution >= 0.6 is 11.6 Å². The Labute approximate surface area is 194 Å². The van der Waals surface area contributed by atoms with Gasteiger partial charge in [0.2, 0.25) is 5.91 Å². The molecule has 2 fully saturated rings. The van der Waals surface area contributed by atoms with Gasteiger partial charge >= 0.3 is 0 Å². The highest BCUT2D eigenvalue weighted by atomic mass is 35.5. The Morgan fingerprint density at radius 1 is 1.00 bits per heavy atom. The lowest BCUT2D eigenvalue weighted by atomic mass is 9.94. The van der Waals surface area contributed by atoms with Crippen LogP contribution in [0.1, 0.15) is 45.1 Å². The van der Waals surface area contributed by atoms with E-state index >= 15 is 0 Å². The van der Waals surface area contributed by atoms with E-state index in [1.165, 1.54) is 32.1 Å². The van der Waals surface area contributed by atoms with Crippen molar-refractivity contribution in [3.63, 3.8) is 0 Å². The molecule has 1 saturated carbocycles. The summed E-state index contributed by atoms with van der Waals surface area (Å²) in [5.74, 6) is 0.146. The molecule has 0 N–H and O–H groups in total. The highest BCUT2D eigenvalue weighted by molar-refractivity contribution is 6.31. The highest BCUT2D eigenvalue weighted by Crippen LogP contribution is 2.32. The molecular weight excluding hydrogens is 420 g/mol. The van der Waals surface area contributed by atoms with Crippen LogP contribution in [-0.2, 0) is 4.79 Å². The van der Waals surface area contributed by atoms with E-state index in [2.05, 4.69) is 4.90 Å². The summed E-state index contributed by atoms with van der Waals surface area (Å²) < 4.78 is 1.88. The van der Waals surface area contributed by atoms with E-state index in [-0.39, 0.29) is 11.9 Å². The number of halogens is 1. The number of benzene rings is 2. The molecule has 0 spiro atoms. The average molecular weight is 451 g/mol. The molecule has 1 amide bonds. The SMILES string of the molecule is C[C@@H](C(=O)N1CCN(C2CCCCC2)CC1)n1nc(-c2ccccc2)c2cc(Cl)ccc21. The van der Waals surface area contributed by atoms with Crippen molar-refractivity contribution in [3.8, 4) is 11.3 Å². The summed E-state index contributed by atoms with van der Waals surface area (Å²) in [6, 6.07) is 16.2. The van der Waals surface area contributed by atoms with Gasteiger partial charge in [-0.15, -0.1) is 0 Å². The minimum atomic E-state index is -0.364. The van der Waals surface area contributed by atoms with Crippen molar-refractivity contribution in [2.45, 2.75) is 51.1 Å². The number of aromatic nitrogens is 2. The van der Waals surface area contributed by atoms with Gasteiger partial charge in [0.1, 0.15) is 11.7 Å². The van der Waals surface area contributed by atoms with Crippen LogP contribution in [0, 0.1) is 0 Å². The fourth-order valence-electron chi connectivity index (χ4n) is 5.34. The third kappa shape index (κ3) is 4.16. The van der Waals surface area contributed by atoms with E-state index in [0.717, 1.165) is 48.3 Å². The van der Waals surface area contributed by atoms with Gasteiger partial charge in [-0.05, 0) is 38.0 Å². The van der Waals surface area contributed by atoms with E-state index in [1.54, 1.807) is 0 Å². The molecule has 2 aromatic carbocycles. The molecule has 0 unspecified atom stereocenters. The lowest BCUT2D eigenvalue weighted by Crippen LogP contribution is -2.53. The van der Waals surface area contributed by atoms with Crippen LogP contribution in [0.25, 0.3) is 22.2 Å². The first-order chi connectivity index (χ1) is 15.6.